The maximum atomic E-state index is 12.5. The number of thioether (sulfide) groups is 1. The summed E-state index contributed by atoms with van der Waals surface area (Å²) < 4.78 is 2.23. The fraction of sp³-hybridized carbons (Fsp3) is 0.591. The predicted molar refractivity (Wildman–Crippen MR) is 125 cm³/mol. The minimum Gasteiger partial charge on any atom is -0.355 e. The molecule has 0 spiro atoms. The molecule has 1 saturated carbocycles. The highest BCUT2D eigenvalue weighted by Crippen LogP contribution is 2.33. The lowest BCUT2D eigenvalue weighted by Gasteiger charge is -2.25. The number of hydrogen-bond donors (Lipinski definition) is 1. The molecule has 0 saturated heterocycles. The van der Waals surface area contributed by atoms with Gasteiger partial charge in [0.25, 0.3) is 0 Å². The van der Waals surface area contributed by atoms with Gasteiger partial charge >= 0.3 is 0 Å². The van der Waals surface area contributed by atoms with Crippen LogP contribution in [0.15, 0.2) is 23.4 Å². The van der Waals surface area contributed by atoms with Gasteiger partial charge in [-0.2, -0.15) is 0 Å². The number of halogens is 2. The van der Waals surface area contributed by atoms with Crippen molar-refractivity contribution in [2.24, 2.45) is 0 Å². The molecule has 0 radical (unpaired) electrons. The number of rotatable bonds is 9. The summed E-state index contributed by atoms with van der Waals surface area (Å²) in [6, 6.07) is 6.03. The van der Waals surface area contributed by atoms with Crippen LogP contribution in [0.2, 0.25) is 10.0 Å². The van der Waals surface area contributed by atoms with Gasteiger partial charge in [-0.3, -0.25) is 4.79 Å². The van der Waals surface area contributed by atoms with Gasteiger partial charge in [-0.1, -0.05) is 73.6 Å². The molecule has 30 heavy (non-hydrogen) atoms. The molecule has 1 fully saturated rings. The first-order valence-corrected chi connectivity index (χ1v) is 12.5. The number of carbonyl (C=O) groups excluding carboxylic acids is 1. The Balaban J connectivity index is 1.56. The van der Waals surface area contributed by atoms with Gasteiger partial charge in [0.05, 0.1) is 5.75 Å². The van der Waals surface area contributed by atoms with Gasteiger partial charge in [-0.15, -0.1) is 10.2 Å². The van der Waals surface area contributed by atoms with Gasteiger partial charge < -0.3 is 9.88 Å². The fourth-order valence-corrected chi connectivity index (χ4v) is 5.62. The van der Waals surface area contributed by atoms with Crippen LogP contribution in [0.4, 0.5) is 0 Å². The second-order valence-corrected chi connectivity index (χ2v) is 9.72. The molecular weight excluding hydrogens is 439 g/mol. The molecule has 5 nitrogen and oxygen atoms in total. The minimum absolute atomic E-state index is 0.00189. The van der Waals surface area contributed by atoms with E-state index in [0.717, 1.165) is 29.4 Å². The lowest BCUT2D eigenvalue weighted by Crippen LogP contribution is -2.30. The van der Waals surface area contributed by atoms with Crippen LogP contribution >= 0.6 is 35.0 Å². The monoisotopic (exact) mass is 468 g/mol. The fourth-order valence-electron chi connectivity index (χ4n) is 4.17. The van der Waals surface area contributed by atoms with E-state index in [2.05, 4.69) is 27.0 Å². The van der Waals surface area contributed by atoms with Crippen LogP contribution in [0.5, 0.6) is 0 Å². The molecule has 1 N–H and O–H groups in total. The molecule has 2 aromatic rings. The molecule has 1 unspecified atom stereocenters. The lowest BCUT2D eigenvalue weighted by atomic mass is 9.94. The maximum absolute atomic E-state index is 12.5. The predicted octanol–water partition coefficient (Wildman–Crippen LogP) is 6.19. The maximum Gasteiger partial charge on any atom is 0.230 e. The van der Waals surface area contributed by atoms with Crippen molar-refractivity contribution in [3.8, 4) is 0 Å². The summed E-state index contributed by atoms with van der Waals surface area (Å²) in [5.74, 6) is 1.44. The molecule has 1 atom stereocenters. The van der Waals surface area contributed by atoms with Crippen LogP contribution < -0.4 is 5.32 Å². The van der Waals surface area contributed by atoms with E-state index in [9.17, 15) is 4.79 Å². The summed E-state index contributed by atoms with van der Waals surface area (Å²) in [6.07, 6.45) is 8.09. The van der Waals surface area contributed by atoms with Crippen LogP contribution in [-0.4, -0.2) is 33.0 Å². The van der Waals surface area contributed by atoms with Crippen molar-refractivity contribution < 1.29 is 4.79 Å². The van der Waals surface area contributed by atoms with Crippen molar-refractivity contribution in [2.75, 3.05) is 12.3 Å². The number of carbonyl (C=O) groups is 1. The van der Waals surface area contributed by atoms with E-state index in [1.165, 1.54) is 43.9 Å². The molecule has 1 aromatic heterocycles. The number of nitrogens with one attached hydrogen (secondary N) is 1. The molecular formula is C22H30Cl2N4OS. The first-order chi connectivity index (χ1) is 14.5. The van der Waals surface area contributed by atoms with Gasteiger partial charge in [0, 0.05) is 28.5 Å². The second-order valence-electron chi connectivity index (χ2n) is 7.94. The largest absolute Gasteiger partial charge is 0.355 e. The molecule has 164 valence electrons. The van der Waals surface area contributed by atoms with Crippen LogP contribution in [0.3, 0.4) is 0 Å². The molecule has 1 aliphatic rings. The molecule has 1 aliphatic carbocycles. The topological polar surface area (TPSA) is 59.8 Å². The number of nitrogens with zero attached hydrogens (tertiary/aromatic N) is 3. The lowest BCUT2D eigenvalue weighted by molar-refractivity contribution is -0.118. The molecule has 8 heteroatoms. The number of amides is 1. The summed E-state index contributed by atoms with van der Waals surface area (Å²) in [5.41, 5.74) is 1.03. The van der Waals surface area contributed by atoms with E-state index in [1.807, 2.05) is 19.1 Å². The summed E-state index contributed by atoms with van der Waals surface area (Å²) in [5, 5.41) is 13.8. The Morgan fingerprint density at radius 1 is 1.27 bits per heavy atom. The SMILES string of the molecule is CCCC(CNC(=O)CSc1nnc(C)n1C1CCCCC1)c1ccc(Cl)cc1Cl. The second kappa shape index (κ2) is 11.4. The smallest absolute Gasteiger partial charge is 0.230 e. The van der Waals surface area contributed by atoms with Crippen LogP contribution in [0, 0.1) is 6.92 Å². The molecule has 0 bridgehead atoms. The Morgan fingerprint density at radius 3 is 2.73 bits per heavy atom. The van der Waals surface area contributed by atoms with Crippen molar-refractivity contribution in [1.82, 2.24) is 20.1 Å². The van der Waals surface area contributed by atoms with Gasteiger partial charge in [0.1, 0.15) is 5.82 Å². The molecule has 1 heterocycles. The van der Waals surface area contributed by atoms with Crippen molar-refractivity contribution >= 4 is 40.9 Å². The Hall–Kier alpha value is -1.24. The Morgan fingerprint density at radius 2 is 2.03 bits per heavy atom. The zero-order valence-corrected chi connectivity index (χ0v) is 20.0. The highest BCUT2D eigenvalue weighted by molar-refractivity contribution is 7.99. The number of benzene rings is 1. The first kappa shape index (κ1) is 23.4. The van der Waals surface area contributed by atoms with E-state index < -0.39 is 0 Å². The van der Waals surface area contributed by atoms with E-state index >= 15 is 0 Å². The summed E-state index contributed by atoms with van der Waals surface area (Å²) in [4.78, 5) is 12.5. The molecule has 0 aliphatic heterocycles. The minimum atomic E-state index is 0.00189. The molecule has 1 amide bonds. The summed E-state index contributed by atoms with van der Waals surface area (Å²) in [6.45, 7) is 4.69. The average Bonchev–Trinajstić information content (AvgIpc) is 3.11. The van der Waals surface area contributed by atoms with E-state index in [4.69, 9.17) is 23.2 Å². The first-order valence-electron chi connectivity index (χ1n) is 10.8. The van der Waals surface area contributed by atoms with Crippen LogP contribution in [-0.2, 0) is 4.79 Å². The summed E-state index contributed by atoms with van der Waals surface area (Å²) in [7, 11) is 0. The van der Waals surface area contributed by atoms with E-state index in [0.29, 0.717) is 28.4 Å². The third-order valence-corrected chi connectivity index (χ3v) is 7.20. The van der Waals surface area contributed by atoms with E-state index in [1.54, 1.807) is 6.07 Å². The van der Waals surface area contributed by atoms with Crippen LogP contribution in [0.1, 0.15) is 75.2 Å². The third-order valence-electron chi connectivity index (χ3n) is 5.69. The van der Waals surface area contributed by atoms with Crippen LogP contribution in [0.25, 0.3) is 0 Å². The normalized spacial score (nSPS) is 15.9. The number of aryl methyl sites for hydroxylation is 1. The van der Waals surface area contributed by atoms with Gasteiger partial charge in [-0.25, -0.2) is 0 Å². The van der Waals surface area contributed by atoms with E-state index in [-0.39, 0.29) is 11.8 Å². The van der Waals surface area contributed by atoms with Gasteiger partial charge in [0.2, 0.25) is 5.91 Å². The van der Waals surface area contributed by atoms with Crippen molar-refractivity contribution in [2.45, 2.75) is 75.9 Å². The quantitative estimate of drug-likeness (QED) is 0.445. The average molecular weight is 469 g/mol. The van der Waals surface area contributed by atoms with Crippen molar-refractivity contribution in [3.63, 3.8) is 0 Å². The van der Waals surface area contributed by atoms with Gasteiger partial charge in [0.15, 0.2) is 5.16 Å². The highest BCUT2D eigenvalue weighted by atomic mass is 35.5. The zero-order chi connectivity index (χ0) is 21.5. The van der Waals surface area contributed by atoms with Gasteiger partial charge in [-0.05, 0) is 43.9 Å². The number of aromatic nitrogens is 3. The van der Waals surface area contributed by atoms with Crippen molar-refractivity contribution in [1.29, 1.82) is 0 Å². The third kappa shape index (κ3) is 6.14. The Labute approximate surface area is 193 Å². The molecule has 1 aromatic carbocycles. The Kier molecular flexibility index (Phi) is 8.90. The standard InChI is InChI=1S/C22H30Cl2N4OS/c1-3-7-16(19-11-10-17(23)12-20(19)24)13-25-21(29)14-30-22-27-26-15(2)28(22)18-8-5-4-6-9-18/h10-12,16,18H,3-9,13-14H2,1-2H3,(H,25,29). The highest BCUT2D eigenvalue weighted by Gasteiger charge is 2.22. The molecule has 3 rings (SSSR count). The zero-order valence-electron chi connectivity index (χ0n) is 17.7. The summed E-state index contributed by atoms with van der Waals surface area (Å²) >= 11 is 13.9. The van der Waals surface area contributed by atoms with Crippen molar-refractivity contribution in [3.05, 3.63) is 39.6 Å². The number of hydrogen-bond acceptors (Lipinski definition) is 4. The Bertz CT molecular complexity index is 852.